The monoisotopic (exact) mass is 225 g/mol. The van der Waals surface area contributed by atoms with Gasteiger partial charge in [-0.25, -0.2) is 0 Å². The van der Waals surface area contributed by atoms with Crippen LogP contribution in [0.15, 0.2) is 0 Å². The first-order valence-corrected chi connectivity index (χ1v) is 1.90. The van der Waals surface area contributed by atoms with Gasteiger partial charge in [-0.3, -0.25) is 0 Å². The predicted octanol–water partition coefficient (Wildman–Crippen LogP) is -4.95. The van der Waals surface area contributed by atoms with Crippen LogP contribution in [0.3, 0.4) is 0 Å². The summed E-state index contributed by atoms with van der Waals surface area (Å²) in [6.07, 6.45) is 0. The maximum absolute atomic E-state index is 8.60. The van der Waals surface area contributed by atoms with Gasteiger partial charge >= 0.3 is 0 Å². The molecule has 7 heavy (non-hydrogen) atoms. The summed E-state index contributed by atoms with van der Waals surface area (Å²) in [4.78, 5) is 0. The summed E-state index contributed by atoms with van der Waals surface area (Å²) in [7, 11) is -4.69. The minimum absolute atomic E-state index is 0. The van der Waals surface area contributed by atoms with Gasteiger partial charge in [0.2, 0.25) is 0 Å². The first kappa shape index (κ1) is 15.7. The molecule has 0 aliphatic carbocycles. The summed E-state index contributed by atoms with van der Waals surface area (Å²) in [5, 5.41) is 0. The van der Waals surface area contributed by atoms with E-state index in [-0.39, 0.29) is 27.9 Å². The Balaban J connectivity index is -0.0000000800. The van der Waals surface area contributed by atoms with E-state index in [1.54, 1.807) is 0 Å². The van der Waals surface area contributed by atoms with Gasteiger partial charge in [0, 0.05) is 22.4 Å². The van der Waals surface area contributed by atoms with Gasteiger partial charge < -0.3 is 5.48 Å². The first-order chi connectivity index (χ1) is 2.00. The van der Waals surface area contributed by atoms with Crippen LogP contribution in [0.2, 0.25) is 0 Å². The zero-order chi connectivity index (χ0) is 4.50. The third-order valence-electron chi connectivity index (χ3n) is 0. The second kappa shape index (κ2) is 4.98. The third kappa shape index (κ3) is 231. The van der Waals surface area contributed by atoms with Gasteiger partial charge in [-0.15, -0.1) is 0 Å². The fraction of sp³-hybridized carbons (Fsp3) is 0. The number of hydrogen-bond donors (Lipinski definition) is 1. The van der Waals surface area contributed by atoms with Gasteiger partial charge in [0.25, 0.3) is 0 Å². The van der Waals surface area contributed by atoms with Gasteiger partial charge in [0.15, 0.2) is 0 Å². The quantitative estimate of drug-likeness (QED) is 0.416. The van der Waals surface area contributed by atoms with E-state index in [0.717, 1.165) is 0 Å². The molecular weight excluding hydrogens is 223 g/mol. The molecule has 0 unspecified atom stereocenters. The maximum atomic E-state index is 8.60. The fourth-order valence-corrected chi connectivity index (χ4v) is 0. The van der Waals surface area contributed by atoms with Crippen LogP contribution in [0.5, 0.6) is 0 Å². The molecule has 0 aromatic carbocycles. The topological polar surface area (TPSA) is 121 Å². The second-order valence-corrected chi connectivity index (χ2v) is 1.19. The van der Waals surface area contributed by atoms with E-state index in [0.29, 0.717) is 0 Å². The standard InChI is InChI=1S/Ag.ClHO4.H2O/c;2-1(3,4)5;/h;(H,2,3,4,5);1H2. The molecule has 51 valence electrons. The van der Waals surface area contributed by atoms with Crippen LogP contribution in [-0.2, 0) is 22.4 Å². The van der Waals surface area contributed by atoms with E-state index in [1.165, 1.54) is 0 Å². The van der Waals surface area contributed by atoms with Crippen LogP contribution in [0.1, 0.15) is 0 Å². The van der Waals surface area contributed by atoms with E-state index in [4.69, 9.17) is 18.6 Å². The summed E-state index contributed by atoms with van der Waals surface area (Å²) in [6, 6.07) is 0. The van der Waals surface area contributed by atoms with Crippen LogP contribution < -0.4 is 14.0 Å². The second-order valence-electron chi connectivity index (χ2n) is 0.396. The molecule has 0 aliphatic heterocycles. The van der Waals surface area contributed by atoms with Crippen molar-refractivity contribution in [2.24, 2.45) is 0 Å². The van der Waals surface area contributed by atoms with E-state index in [2.05, 4.69) is 0 Å². The van der Waals surface area contributed by atoms with Crippen LogP contribution in [0, 0.1) is 10.2 Å². The molecular formula is H3AgClO5. The Morgan fingerprint density at radius 1 is 1.14 bits per heavy atom. The van der Waals surface area contributed by atoms with Crippen molar-refractivity contribution in [3.8, 4) is 0 Å². The average Bonchev–Trinajstić information content (AvgIpc) is 0.722. The molecule has 3 N–H and O–H groups in total. The molecule has 0 saturated carbocycles. The van der Waals surface area contributed by atoms with Crippen molar-refractivity contribution < 1.29 is 56.7 Å². The molecule has 0 rings (SSSR count). The van der Waals surface area contributed by atoms with Crippen molar-refractivity contribution in [1.82, 2.24) is 0 Å². The Labute approximate surface area is 57.1 Å². The molecule has 5 nitrogen and oxygen atoms in total. The summed E-state index contributed by atoms with van der Waals surface area (Å²) in [5.41, 5.74) is 0. The van der Waals surface area contributed by atoms with Gasteiger partial charge in [-0.05, 0) is 0 Å². The molecule has 0 saturated heterocycles. The average molecular weight is 226 g/mol. The van der Waals surface area contributed by atoms with E-state index >= 15 is 0 Å². The molecule has 0 aromatic heterocycles. The molecule has 0 spiro atoms. The van der Waals surface area contributed by atoms with Crippen LogP contribution >= 0.6 is 0 Å². The number of rotatable bonds is 0. The van der Waals surface area contributed by atoms with Crippen LogP contribution in [0.4, 0.5) is 0 Å². The van der Waals surface area contributed by atoms with Crippen molar-refractivity contribution in [2.75, 3.05) is 0 Å². The first-order valence-electron chi connectivity index (χ1n) is 0.632. The smallest absolute Gasteiger partial charge is 0.0777 e. The Kier molecular flexibility index (Phi) is 11.1. The van der Waals surface area contributed by atoms with E-state index in [1.807, 2.05) is 0 Å². The summed E-state index contributed by atoms with van der Waals surface area (Å²) >= 11 is 0. The molecule has 1 radical (unpaired) electrons. The molecule has 0 aliphatic rings. The van der Waals surface area contributed by atoms with Crippen molar-refractivity contribution in [2.45, 2.75) is 0 Å². The van der Waals surface area contributed by atoms with Gasteiger partial charge in [0.05, 0.1) is 14.9 Å². The Morgan fingerprint density at radius 3 is 1.14 bits per heavy atom. The van der Waals surface area contributed by atoms with Gasteiger partial charge in [0.1, 0.15) is 0 Å². The van der Waals surface area contributed by atoms with Gasteiger partial charge in [-0.1, -0.05) is 0 Å². The minimum Gasteiger partial charge on any atom is -0.412 e. The van der Waals surface area contributed by atoms with Crippen molar-refractivity contribution in [3.05, 3.63) is 0 Å². The molecule has 0 fully saturated rings. The Hall–Kier alpha value is 0.830. The van der Waals surface area contributed by atoms with Crippen molar-refractivity contribution in [3.63, 3.8) is 0 Å². The predicted molar refractivity (Wildman–Crippen MR) is 5.83 cm³/mol. The molecule has 0 atom stereocenters. The van der Waals surface area contributed by atoms with Crippen LogP contribution in [-0.4, -0.2) is 10.1 Å². The summed E-state index contributed by atoms with van der Waals surface area (Å²) in [6.45, 7) is 0. The van der Waals surface area contributed by atoms with E-state index in [9.17, 15) is 0 Å². The Morgan fingerprint density at radius 2 is 1.14 bits per heavy atom. The Bertz CT molecular complexity index is 23.6. The third-order valence-corrected chi connectivity index (χ3v) is 0. The molecule has 0 heterocycles. The largest absolute Gasteiger partial charge is 0.412 e. The molecule has 0 aromatic rings. The zero-order valence-corrected chi connectivity index (χ0v) is 5.09. The van der Waals surface area contributed by atoms with E-state index < -0.39 is 10.2 Å². The van der Waals surface area contributed by atoms with Gasteiger partial charge in [-0.2, -0.15) is 14.0 Å². The fourth-order valence-electron chi connectivity index (χ4n) is 0. The number of hydrogen-bond acceptors (Lipinski definition) is 4. The van der Waals surface area contributed by atoms with Crippen molar-refractivity contribution in [1.29, 1.82) is 0 Å². The summed E-state index contributed by atoms with van der Waals surface area (Å²) in [5.74, 6) is 0. The molecule has 0 amide bonds. The SMILES string of the molecule is O.[Ag].[O-][Cl+3]([O-])([O-])O. The summed E-state index contributed by atoms with van der Waals surface area (Å²) < 4.78 is 32.7. The normalized spacial score (nSPS) is 8.57. The molecule has 7 heteroatoms. The molecule has 0 bridgehead atoms. The maximum Gasteiger partial charge on any atom is 0.0777 e. The minimum atomic E-state index is -4.69. The van der Waals surface area contributed by atoms with Crippen LogP contribution in [0.25, 0.3) is 0 Å². The van der Waals surface area contributed by atoms with Crippen molar-refractivity contribution >= 4 is 0 Å². The number of halogens is 1. The zero-order valence-electron chi connectivity index (χ0n) is 2.85.